The molecule has 0 saturated heterocycles. The first-order chi connectivity index (χ1) is 30.8. The number of benzene rings is 10. The average Bonchev–Trinajstić information content (AvgIpc) is 3.86. The second kappa shape index (κ2) is 13.6. The van der Waals surface area contributed by atoms with E-state index in [0.29, 0.717) is 5.82 Å². The normalized spacial score (nSPS) is 11.9. The molecule has 3 heterocycles. The maximum absolute atomic E-state index is 5.47. The smallest absolute Gasteiger partial charge is 0.160 e. The van der Waals surface area contributed by atoms with E-state index in [1.807, 2.05) is 0 Å². The van der Waals surface area contributed by atoms with Crippen molar-refractivity contribution in [2.75, 3.05) is 0 Å². The van der Waals surface area contributed by atoms with Crippen LogP contribution in [0.2, 0.25) is 0 Å². The minimum Gasteiger partial charge on any atom is -0.309 e. The quantitative estimate of drug-likeness (QED) is 0.174. The molecule has 0 bridgehead atoms. The highest BCUT2D eigenvalue weighted by Gasteiger charge is 2.23. The van der Waals surface area contributed by atoms with Crippen molar-refractivity contribution in [1.29, 1.82) is 0 Å². The van der Waals surface area contributed by atoms with E-state index in [1.54, 1.807) is 0 Å². The molecule has 0 fully saturated rings. The van der Waals surface area contributed by atoms with Gasteiger partial charge in [0.25, 0.3) is 0 Å². The monoisotopic (exact) mass is 788 g/mol. The first-order valence-electron chi connectivity index (χ1n) is 21.2. The minimum absolute atomic E-state index is 0.678. The van der Waals surface area contributed by atoms with Crippen LogP contribution in [-0.4, -0.2) is 19.1 Å². The van der Waals surface area contributed by atoms with E-state index >= 15 is 0 Å². The van der Waals surface area contributed by atoms with Gasteiger partial charge in [-0.25, -0.2) is 9.97 Å². The van der Waals surface area contributed by atoms with Crippen LogP contribution in [0.3, 0.4) is 0 Å². The molecule has 0 spiro atoms. The van der Waals surface area contributed by atoms with E-state index in [2.05, 4.69) is 228 Å². The van der Waals surface area contributed by atoms with Gasteiger partial charge in [0.05, 0.1) is 39.1 Å². The van der Waals surface area contributed by atoms with E-state index in [0.717, 1.165) is 72.0 Å². The number of hydrogen-bond acceptors (Lipinski definition) is 2. The molecule has 13 aromatic rings. The van der Waals surface area contributed by atoms with Crippen LogP contribution in [0.4, 0.5) is 0 Å². The molecule has 0 amide bonds. The molecule has 0 saturated carbocycles. The van der Waals surface area contributed by atoms with Crippen molar-refractivity contribution in [3.05, 3.63) is 218 Å². The highest BCUT2D eigenvalue weighted by atomic mass is 15.0. The Morgan fingerprint density at radius 3 is 1.53 bits per heavy atom. The van der Waals surface area contributed by atoms with Crippen molar-refractivity contribution in [3.63, 3.8) is 0 Å². The van der Waals surface area contributed by atoms with Crippen LogP contribution in [0, 0.1) is 0 Å². The Morgan fingerprint density at radius 1 is 0.323 bits per heavy atom. The average molecular weight is 789 g/mol. The van der Waals surface area contributed by atoms with Crippen LogP contribution in [0.25, 0.3) is 121 Å². The van der Waals surface area contributed by atoms with Gasteiger partial charge in [-0.05, 0) is 75.5 Å². The fourth-order valence-corrected chi connectivity index (χ4v) is 9.97. The van der Waals surface area contributed by atoms with Crippen LogP contribution < -0.4 is 0 Å². The number of hydrogen-bond donors (Lipinski definition) is 0. The van der Waals surface area contributed by atoms with Gasteiger partial charge in [0, 0.05) is 49.3 Å². The maximum Gasteiger partial charge on any atom is 0.160 e. The van der Waals surface area contributed by atoms with Crippen molar-refractivity contribution in [2.24, 2.45) is 0 Å². The van der Waals surface area contributed by atoms with Crippen molar-refractivity contribution in [3.8, 4) is 45.3 Å². The van der Waals surface area contributed by atoms with Gasteiger partial charge in [0.15, 0.2) is 5.82 Å². The summed E-state index contributed by atoms with van der Waals surface area (Å²) in [4.78, 5) is 10.9. The zero-order valence-electron chi connectivity index (χ0n) is 33.6. The molecule has 0 atom stereocenters. The van der Waals surface area contributed by atoms with E-state index in [9.17, 15) is 0 Å². The predicted octanol–water partition coefficient (Wildman–Crippen LogP) is 15.1. The molecule has 0 N–H and O–H groups in total. The topological polar surface area (TPSA) is 35.6 Å². The van der Waals surface area contributed by atoms with Gasteiger partial charge < -0.3 is 9.13 Å². The van der Waals surface area contributed by atoms with E-state index < -0.39 is 0 Å². The molecule has 0 aliphatic carbocycles. The lowest BCUT2D eigenvalue weighted by Gasteiger charge is -2.16. The molecule has 0 aliphatic rings. The molecular formula is C58H36N4. The van der Waals surface area contributed by atoms with Gasteiger partial charge in [0.2, 0.25) is 0 Å². The zero-order chi connectivity index (χ0) is 40.7. The van der Waals surface area contributed by atoms with Crippen LogP contribution in [0.5, 0.6) is 0 Å². The summed E-state index contributed by atoms with van der Waals surface area (Å²) in [6.45, 7) is 0. The third-order valence-electron chi connectivity index (χ3n) is 12.7. The summed E-state index contributed by atoms with van der Waals surface area (Å²) in [6, 6.07) is 78.5. The number of fused-ring (bicyclic) bond motifs is 10. The Balaban J connectivity index is 1.12. The largest absolute Gasteiger partial charge is 0.309 e. The Labute approximate surface area is 357 Å². The first kappa shape index (κ1) is 34.5. The molecule has 0 radical (unpaired) electrons. The van der Waals surface area contributed by atoms with E-state index in [1.165, 1.54) is 43.4 Å². The SMILES string of the molecule is c1ccc(-n2c3ccccc3c3ccc4c(c5ccccc5n4-c4cc(-c5nc(-c6cccc7ccccc67)cc(-c6cccc7ccccc67)n5)cc5ccccc45)c32)cc1. The second-order valence-electron chi connectivity index (χ2n) is 16.1. The summed E-state index contributed by atoms with van der Waals surface area (Å²) in [5.74, 6) is 0.678. The van der Waals surface area contributed by atoms with Gasteiger partial charge in [-0.3, -0.25) is 0 Å². The summed E-state index contributed by atoms with van der Waals surface area (Å²) in [5.41, 5.74) is 11.8. The van der Waals surface area contributed by atoms with Gasteiger partial charge >= 0.3 is 0 Å². The third-order valence-corrected chi connectivity index (χ3v) is 12.7. The number of nitrogens with zero attached hydrogens (tertiary/aromatic N) is 4. The highest BCUT2D eigenvalue weighted by Crippen LogP contribution is 2.44. The van der Waals surface area contributed by atoms with Gasteiger partial charge in [-0.2, -0.15) is 0 Å². The molecular weight excluding hydrogens is 753 g/mol. The summed E-state index contributed by atoms with van der Waals surface area (Å²) in [6.07, 6.45) is 0. The molecule has 0 aliphatic heterocycles. The molecule has 0 unspecified atom stereocenters. The predicted molar refractivity (Wildman–Crippen MR) is 260 cm³/mol. The molecule has 10 aromatic carbocycles. The Hall–Kier alpha value is -8.34. The molecule has 4 heteroatoms. The summed E-state index contributed by atoms with van der Waals surface area (Å²) >= 11 is 0. The summed E-state index contributed by atoms with van der Waals surface area (Å²) in [7, 11) is 0. The Morgan fingerprint density at radius 2 is 0.855 bits per heavy atom. The lowest BCUT2D eigenvalue weighted by atomic mass is 9.98. The molecule has 288 valence electrons. The lowest BCUT2D eigenvalue weighted by molar-refractivity contribution is 1.17. The Bertz CT molecular complexity index is 3820. The first-order valence-corrected chi connectivity index (χ1v) is 21.2. The molecule has 4 nitrogen and oxygen atoms in total. The summed E-state index contributed by atoms with van der Waals surface area (Å²) in [5, 5.41) is 11.8. The Kier molecular flexibility index (Phi) is 7.57. The zero-order valence-corrected chi connectivity index (χ0v) is 33.6. The van der Waals surface area contributed by atoms with Crippen LogP contribution in [0.15, 0.2) is 218 Å². The summed E-state index contributed by atoms with van der Waals surface area (Å²) < 4.78 is 4.91. The molecule has 3 aromatic heterocycles. The lowest BCUT2D eigenvalue weighted by Crippen LogP contribution is -2.00. The van der Waals surface area contributed by atoms with Crippen molar-refractivity contribution in [1.82, 2.24) is 19.1 Å². The van der Waals surface area contributed by atoms with E-state index in [4.69, 9.17) is 9.97 Å². The van der Waals surface area contributed by atoms with Crippen molar-refractivity contribution < 1.29 is 0 Å². The maximum atomic E-state index is 5.47. The standard InChI is InChI=1S/C58H36N4/c1-2-21-41(22-3-1)61-52-30-12-10-26-47(52)48-32-33-54-56(57(48)61)49-27-11-13-31-53(49)62(54)55-35-40(34-39-18-6-9-25-44(39)55)58-59-50(45-28-14-19-37-16-4-7-23-42(37)45)36-51(60-58)46-29-15-20-38-17-5-8-24-43(38)46/h1-36H. The van der Waals surface area contributed by atoms with Crippen LogP contribution >= 0.6 is 0 Å². The molecule has 62 heavy (non-hydrogen) atoms. The number of para-hydroxylation sites is 3. The van der Waals surface area contributed by atoms with Crippen LogP contribution in [0.1, 0.15) is 0 Å². The van der Waals surface area contributed by atoms with Crippen molar-refractivity contribution >= 4 is 75.9 Å². The van der Waals surface area contributed by atoms with Crippen LogP contribution in [-0.2, 0) is 0 Å². The minimum atomic E-state index is 0.678. The fourth-order valence-electron chi connectivity index (χ4n) is 9.97. The van der Waals surface area contributed by atoms with E-state index in [-0.39, 0.29) is 0 Å². The third kappa shape index (κ3) is 5.20. The van der Waals surface area contributed by atoms with Gasteiger partial charge in [-0.1, -0.05) is 170 Å². The van der Waals surface area contributed by atoms with Gasteiger partial charge in [-0.15, -0.1) is 0 Å². The van der Waals surface area contributed by atoms with Gasteiger partial charge in [0.1, 0.15) is 0 Å². The number of aromatic nitrogens is 4. The fraction of sp³-hybridized carbons (Fsp3) is 0. The highest BCUT2D eigenvalue weighted by molar-refractivity contribution is 6.26. The second-order valence-corrected chi connectivity index (χ2v) is 16.1. The molecule has 13 rings (SSSR count). The number of rotatable bonds is 5. The van der Waals surface area contributed by atoms with Crippen molar-refractivity contribution in [2.45, 2.75) is 0 Å².